The van der Waals surface area contributed by atoms with Crippen LogP contribution in [0.25, 0.3) is 11.1 Å². The number of hydrogen-bond donors (Lipinski definition) is 3. The third kappa shape index (κ3) is 5.34. The molecule has 7 heteroatoms. The fraction of sp³-hybridized carbons (Fsp3) is 0.464. The largest absolute Gasteiger partial charge is 0.480 e. The minimum Gasteiger partial charge on any atom is -0.480 e. The third-order valence-electron chi connectivity index (χ3n) is 7.62. The lowest BCUT2D eigenvalue weighted by molar-refractivity contribution is -0.144. The molecule has 2 amide bonds. The number of nitrogens with one attached hydrogen (secondary N) is 2. The van der Waals surface area contributed by atoms with Gasteiger partial charge in [-0.3, -0.25) is 4.79 Å². The quantitative estimate of drug-likeness (QED) is 0.490. The lowest BCUT2D eigenvalue weighted by Crippen LogP contribution is -2.48. The molecule has 35 heavy (non-hydrogen) atoms. The molecule has 0 aliphatic heterocycles. The molecular weight excluding hydrogens is 444 g/mol. The summed E-state index contributed by atoms with van der Waals surface area (Å²) in [6.07, 6.45) is 2.53. The Labute approximate surface area is 206 Å². The van der Waals surface area contributed by atoms with E-state index in [9.17, 15) is 19.5 Å². The number of aliphatic carboxylic acids is 1. The number of amides is 2. The van der Waals surface area contributed by atoms with Crippen molar-refractivity contribution in [3.63, 3.8) is 0 Å². The molecule has 186 valence electrons. The number of ether oxygens (including phenoxy) is 1. The van der Waals surface area contributed by atoms with Gasteiger partial charge in [-0.2, -0.15) is 0 Å². The van der Waals surface area contributed by atoms with Gasteiger partial charge in [0.05, 0.1) is 0 Å². The number of carboxylic acid groups (broad SMARTS) is 1. The van der Waals surface area contributed by atoms with E-state index < -0.39 is 18.1 Å². The molecule has 2 aromatic carbocycles. The summed E-state index contributed by atoms with van der Waals surface area (Å²) in [4.78, 5) is 37.0. The van der Waals surface area contributed by atoms with Crippen molar-refractivity contribution in [1.29, 1.82) is 0 Å². The zero-order valence-electron chi connectivity index (χ0n) is 20.3. The van der Waals surface area contributed by atoms with E-state index in [0.29, 0.717) is 19.4 Å². The molecule has 2 aliphatic carbocycles. The van der Waals surface area contributed by atoms with Crippen LogP contribution in [0, 0.1) is 17.8 Å². The second kappa shape index (κ2) is 10.9. The minimum atomic E-state index is -1.01. The van der Waals surface area contributed by atoms with E-state index in [1.54, 1.807) is 0 Å². The standard InChI is InChI=1S/C28H34N2O5/c1-3-17(2)25(27(32)33)30-26(31)19-14-8-9-18(19)15-29-28(34)35-16-24-22-12-6-4-10-20(22)21-11-5-7-13-23(21)24/h4-7,10-13,17-19,24-25H,3,8-9,14-16H2,1-2H3,(H,29,34)(H,30,31)(H,32,33)/t17?,18-,19-,25-/m0/s1. The SMILES string of the molecule is CCC(C)[C@H](NC(=O)[C@H]1CCC[C@H]1CNC(=O)OCC1c2ccccc2-c2ccccc21)C(=O)O. The van der Waals surface area contributed by atoms with Crippen LogP contribution in [0.2, 0.25) is 0 Å². The topological polar surface area (TPSA) is 105 Å². The van der Waals surface area contributed by atoms with Gasteiger partial charge in [0, 0.05) is 18.4 Å². The van der Waals surface area contributed by atoms with Gasteiger partial charge in [0.15, 0.2) is 0 Å². The molecule has 0 heterocycles. The average molecular weight is 479 g/mol. The van der Waals surface area contributed by atoms with Gasteiger partial charge in [0.1, 0.15) is 12.6 Å². The van der Waals surface area contributed by atoms with Gasteiger partial charge < -0.3 is 20.5 Å². The predicted molar refractivity (Wildman–Crippen MR) is 133 cm³/mol. The highest BCUT2D eigenvalue weighted by Crippen LogP contribution is 2.44. The fourth-order valence-corrected chi connectivity index (χ4v) is 5.43. The molecular formula is C28H34N2O5. The Kier molecular flexibility index (Phi) is 7.73. The highest BCUT2D eigenvalue weighted by atomic mass is 16.5. The molecule has 0 bridgehead atoms. The minimum absolute atomic E-state index is 0.00772. The molecule has 4 atom stereocenters. The Morgan fingerprint density at radius 2 is 1.66 bits per heavy atom. The number of fused-ring (bicyclic) bond motifs is 3. The molecule has 0 radical (unpaired) electrons. The number of carboxylic acids is 1. The highest BCUT2D eigenvalue weighted by molar-refractivity contribution is 5.85. The summed E-state index contributed by atoms with van der Waals surface area (Å²) in [5, 5.41) is 15.1. The molecule has 1 saturated carbocycles. The Hall–Kier alpha value is -3.35. The average Bonchev–Trinajstić information content (AvgIpc) is 3.47. The van der Waals surface area contributed by atoms with Crippen LogP contribution in [-0.4, -0.2) is 42.3 Å². The summed E-state index contributed by atoms with van der Waals surface area (Å²) in [7, 11) is 0. The van der Waals surface area contributed by atoms with E-state index in [0.717, 1.165) is 24.0 Å². The third-order valence-corrected chi connectivity index (χ3v) is 7.62. The van der Waals surface area contributed by atoms with Crippen molar-refractivity contribution in [2.24, 2.45) is 17.8 Å². The van der Waals surface area contributed by atoms with Crippen molar-refractivity contribution in [1.82, 2.24) is 10.6 Å². The molecule has 4 rings (SSSR count). The van der Waals surface area contributed by atoms with Gasteiger partial charge in [-0.15, -0.1) is 0 Å². The lowest BCUT2D eigenvalue weighted by atomic mass is 9.93. The van der Waals surface area contributed by atoms with Gasteiger partial charge in [0.2, 0.25) is 5.91 Å². The second-order valence-electron chi connectivity index (χ2n) is 9.71. The Bertz CT molecular complexity index is 1040. The number of rotatable bonds is 9. The number of benzene rings is 2. The molecule has 0 aromatic heterocycles. The van der Waals surface area contributed by atoms with Gasteiger partial charge >= 0.3 is 12.1 Å². The molecule has 1 unspecified atom stereocenters. The first-order valence-electron chi connectivity index (χ1n) is 12.5. The Morgan fingerprint density at radius 3 is 2.26 bits per heavy atom. The summed E-state index contributed by atoms with van der Waals surface area (Å²) in [6, 6.07) is 15.5. The van der Waals surface area contributed by atoms with Gasteiger partial charge in [0.25, 0.3) is 0 Å². The zero-order valence-corrected chi connectivity index (χ0v) is 20.3. The molecule has 3 N–H and O–H groups in total. The van der Waals surface area contributed by atoms with E-state index in [1.807, 2.05) is 38.1 Å². The Morgan fingerprint density at radius 1 is 1.03 bits per heavy atom. The van der Waals surface area contributed by atoms with E-state index in [4.69, 9.17) is 4.74 Å². The maximum Gasteiger partial charge on any atom is 0.407 e. The van der Waals surface area contributed by atoms with Crippen LogP contribution in [0.4, 0.5) is 4.79 Å². The molecule has 2 aromatic rings. The van der Waals surface area contributed by atoms with E-state index in [1.165, 1.54) is 11.1 Å². The predicted octanol–water partition coefficient (Wildman–Crippen LogP) is 4.56. The van der Waals surface area contributed by atoms with Crippen molar-refractivity contribution in [3.8, 4) is 11.1 Å². The van der Waals surface area contributed by atoms with Gasteiger partial charge in [-0.05, 0) is 46.9 Å². The van der Waals surface area contributed by atoms with Crippen molar-refractivity contribution in [3.05, 3.63) is 59.7 Å². The van der Waals surface area contributed by atoms with E-state index in [2.05, 4.69) is 34.9 Å². The Balaban J connectivity index is 1.31. The smallest absolute Gasteiger partial charge is 0.407 e. The summed E-state index contributed by atoms with van der Waals surface area (Å²) < 4.78 is 5.61. The molecule has 7 nitrogen and oxygen atoms in total. The number of carbonyl (C=O) groups excluding carboxylic acids is 2. The second-order valence-corrected chi connectivity index (χ2v) is 9.71. The molecule has 2 aliphatic rings. The molecule has 0 spiro atoms. The van der Waals surface area contributed by atoms with E-state index >= 15 is 0 Å². The summed E-state index contributed by atoms with van der Waals surface area (Å²) in [5.74, 6) is -1.77. The lowest BCUT2D eigenvalue weighted by Gasteiger charge is -2.25. The maximum absolute atomic E-state index is 12.9. The van der Waals surface area contributed by atoms with Crippen LogP contribution in [0.15, 0.2) is 48.5 Å². The zero-order chi connectivity index (χ0) is 24.9. The summed E-state index contributed by atoms with van der Waals surface area (Å²) in [6.45, 7) is 4.30. The normalized spacial score (nSPS) is 20.4. The van der Waals surface area contributed by atoms with E-state index in [-0.39, 0.29) is 36.2 Å². The van der Waals surface area contributed by atoms with Crippen LogP contribution in [-0.2, 0) is 14.3 Å². The van der Waals surface area contributed by atoms with Crippen LogP contribution in [0.1, 0.15) is 56.6 Å². The van der Waals surface area contributed by atoms with Crippen LogP contribution in [0.5, 0.6) is 0 Å². The van der Waals surface area contributed by atoms with Crippen LogP contribution in [0.3, 0.4) is 0 Å². The van der Waals surface area contributed by atoms with Crippen LogP contribution < -0.4 is 10.6 Å². The molecule has 0 saturated heterocycles. The number of hydrogen-bond acceptors (Lipinski definition) is 4. The van der Waals surface area contributed by atoms with Crippen molar-refractivity contribution in [2.75, 3.05) is 13.2 Å². The van der Waals surface area contributed by atoms with Crippen molar-refractivity contribution in [2.45, 2.75) is 51.5 Å². The van der Waals surface area contributed by atoms with Crippen molar-refractivity contribution < 1.29 is 24.2 Å². The monoisotopic (exact) mass is 478 g/mol. The first kappa shape index (κ1) is 24.8. The summed E-state index contributed by atoms with van der Waals surface area (Å²) in [5.41, 5.74) is 4.66. The highest BCUT2D eigenvalue weighted by Gasteiger charge is 2.36. The number of alkyl carbamates (subject to hydrolysis) is 1. The maximum atomic E-state index is 12.9. The first-order chi connectivity index (χ1) is 16.9. The van der Waals surface area contributed by atoms with Crippen LogP contribution >= 0.6 is 0 Å². The number of carbonyl (C=O) groups is 3. The molecule has 1 fully saturated rings. The summed E-state index contributed by atoms with van der Waals surface area (Å²) >= 11 is 0. The fourth-order valence-electron chi connectivity index (χ4n) is 5.43. The first-order valence-corrected chi connectivity index (χ1v) is 12.5. The van der Waals surface area contributed by atoms with Crippen molar-refractivity contribution >= 4 is 18.0 Å². The van der Waals surface area contributed by atoms with Gasteiger partial charge in [-0.1, -0.05) is 75.2 Å². The van der Waals surface area contributed by atoms with Gasteiger partial charge in [-0.25, -0.2) is 9.59 Å².